The number of Topliss-reactive ketones (excluding diaryl/α,β-unsaturated/α-hetero) is 2. The molecule has 0 bridgehead atoms. The number of ketones is 2. The molecule has 84 valence electrons. The summed E-state index contributed by atoms with van der Waals surface area (Å²) in [6, 6.07) is 0. The van der Waals surface area contributed by atoms with Crippen molar-refractivity contribution < 1.29 is 9.59 Å². The van der Waals surface area contributed by atoms with Gasteiger partial charge in [0, 0.05) is 12.8 Å². The third-order valence-electron chi connectivity index (χ3n) is 3.36. The predicted molar refractivity (Wildman–Crippen MR) is 60.6 cm³/mol. The third kappa shape index (κ3) is 2.36. The molecule has 0 saturated heterocycles. The number of hydrogen-bond acceptors (Lipinski definition) is 2. The molecule has 0 N–H and O–H groups in total. The minimum atomic E-state index is -0.746. The highest BCUT2D eigenvalue weighted by Gasteiger charge is 2.47. The van der Waals surface area contributed by atoms with E-state index in [1.54, 1.807) is 13.0 Å². The van der Waals surface area contributed by atoms with Gasteiger partial charge in [0.25, 0.3) is 0 Å². The van der Waals surface area contributed by atoms with Crippen LogP contribution in [0, 0.1) is 10.8 Å². The standard InChI is InChI=1S/C13H20O2/c1-5-6-7-13(4)10(14)8-12(2,3)9-11(13)15/h5H,1,6-9H2,2-4H3. The summed E-state index contributed by atoms with van der Waals surface area (Å²) in [5.41, 5.74) is -0.897. The molecule has 1 aliphatic carbocycles. The number of hydrogen-bond donors (Lipinski definition) is 0. The van der Waals surface area contributed by atoms with Crippen molar-refractivity contribution >= 4 is 11.6 Å². The molecule has 0 unspecified atom stereocenters. The second-order valence-electron chi connectivity index (χ2n) is 5.52. The Morgan fingerprint density at radius 3 is 2.07 bits per heavy atom. The molecule has 0 radical (unpaired) electrons. The summed E-state index contributed by atoms with van der Waals surface area (Å²) in [5, 5.41) is 0. The molecule has 0 aromatic rings. The Bertz CT molecular complexity index is 280. The van der Waals surface area contributed by atoms with Crippen LogP contribution < -0.4 is 0 Å². The minimum Gasteiger partial charge on any atom is -0.299 e. The van der Waals surface area contributed by atoms with Crippen molar-refractivity contribution in [2.75, 3.05) is 0 Å². The van der Waals surface area contributed by atoms with Gasteiger partial charge in [0.05, 0.1) is 5.41 Å². The first kappa shape index (κ1) is 12.2. The molecule has 0 atom stereocenters. The van der Waals surface area contributed by atoms with Crippen molar-refractivity contribution in [1.82, 2.24) is 0 Å². The summed E-state index contributed by atoms with van der Waals surface area (Å²) < 4.78 is 0. The van der Waals surface area contributed by atoms with Crippen LogP contribution in [0.15, 0.2) is 12.7 Å². The number of allylic oxidation sites excluding steroid dienone is 1. The van der Waals surface area contributed by atoms with Crippen molar-refractivity contribution in [1.29, 1.82) is 0 Å². The Kier molecular flexibility index (Phi) is 3.17. The SMILES string of the molecule is C=CCCC1(C)C(=O)CC(C)(C)CC1=O. The van der Waals surface area contributed by atoms with Gasteiger partial charge in [-0.05, 0) is 25.2 Å². The normalized spacial score (nSPS) is 23.9. The van der Waals surface area contributed by atoms with Crippen molar-refractivity contribution in [3.8, 4) is 0 Å². The average molecular weight is 208 g/mol. The smallest absolute Gasteiger partial charge is 0.146 e. The molecule has 1 fully saturated rings. The number of rotatable bonds is 3. The average Bonchev–Trinajstić information content (AvgIpc) is 2.10. The van der Waals surface area contributed by atoms with Crippen molar-refractivity contribution in [2.24, 2.45) is 10.8 Å². The van der Waals surface area contributed by atoms with E-state index in [1.807, 2.05) is 13.8 Å². The zero-order chi connectivity index (χ0) is 11.7. The Morgan fingerprint density at radius 2 is 1.67 bits per heavy atom. The van der Waals surface area contributed by atoms with Crippen LogP contribution in [0.4, 0.5) is 0 Å². The molecule has 1 saturated carbocycles. The summed E-state index contributed by atoms with van der Waals surface area (Å²) in [4.78, 5) is 24.0. The maximum absolute atomic E-state index is 12.0. The van der Waals surface area contributed by atoms with Crippen LogP contribution in [0.25, 0.3) is 0 Å². The highest BCUT2D eigenvalue weighted by molar-refractivity contribution is 6.09. The Labute approximate surface area is 91.7 Å². The third-order valence-corrected chi connectivity index (χ3v) is 3.36. The van der Waals surface area contributed by atoms with Gasteiger partial charge in [-0.1, -0.05) is 19.9 Å². The van der Waals surface area contributed by atoms with Gasteiger partial charge < -0.3 is 0 Å². The molecule has 0 amide bonds. The molecule has 0 aromatic heterocycles. The second-order valence-corrected chi connectivity index (χ2v) is 5.52. The fraction of sp³-hybridized carbons (Fsp3) is 0.692. The lowest BCUT2D eigenvalue weighted by Crippen LogP contribution is -2.45. The molecule has 1 rings (SSSR count). The second kappa shape index (κ2) is 3.92. The van der Waals surface area contributed by atoms with Gasteiger partial charge in [0.2, 0.25) is 0 Å². The summed E-state index contributed by atoms with van der Waals surface area (Å²) in [6.07, 6.45) is 4.16. The number of carbonyl (C=O) groups excluding carboxylic acids is 2. The molecular weight excluding hydrogens is 188 g/mol. The highest BCUT2D eigenvalue weighted by atomic mass is 16.2. The molecule has 2 nitrogen and oxygen atoms in total. The van der Waals surface area contributed by atoms with Gasteiger partial charge in [-0.2, -0.15) is 0 Å². The predicted octanol–water partition coefficient (Wildman–Crippen LogP) is 2.92. The largest absolute Gasteiger partial charge is 0.299 e. The van der Waals surface area contributed by atoms with E-state index in [9.17, 15) is 9.59 Å². The van der Waals surface area contributed by atoms with Crippen molar-refractivity contribution in [3.05, 3.63) is 12.7 Å². The molecule has 0 aliphatic heterocycles. The summed E-state index contributed by atoms with van der Waals surface area (Å²) >= 11 is 0. The Hall–Kier alpha value is -0.920. The lowest BCUT2D eigenvalue weighted by Gasteiger charge is -2.38. The molecule has 2 heteroatoms. The topological polar surface area (TPSA) is 34.1 Å². The summed E-state index contributed by atoms with van der Waals surface area (Å²) in [5.74, 6) is 0.205. The van der Waals surface area contributed by atoms with Crippen LogP contribution in [-0.4, -0.2) is 11.6 Å². The van der Waals surface area contributed by atoms with Crippen LogP contribution >= 0.6 is 0 Å². The molecule has 15 heavy (non-hydrogen) atoms. The van der Waals surface area contributed by atoms with Crippen LogP contribution in [0.2, 0.25) is 0 Å². The maximum atomic E-state index is 12.0. The van der Waals surface area contributed by atoms with Crippen molar-refractivity contribution in [3.63, 3.8) is 0 Å². The van der Waals surface area contributed by atoms with E-state index in [0.29, 0.717) is 19.3 Å². The first-order valence-corrected chi connectivity index (χ1v) is 5.49. The van der Waals surface area contributed by atoms with E-state index in [0.717, 1.165) is 6.42 Å². The Balaban J connectivity index is 2.86. The first-order valence-electron chi connectivity index (χ1n) is 5.49. The van der Waals surface area contributed by atoms with Crippen LogP contribution in [0.1, 0.15) is 46.5 Å². The summed E-state index contributed by atoms with van der Waals surface area (Å²) in [7, 11) is 0. The maximum Gasteiger partial charge on any atom is 0.146 e. The number of carbonyl (C=O) groups is 2. The molecule has 0 spiro atoms. The lowest BCUT2D eigenvalue weighted by molar-refractivity contribution is -0.147. The zero-order valence-corrected chi connectivity index (χ0v) is 9.93. The van der Waals surface area contributed by atoms with Crippen LogP contribution in [0.3, 0.4) is 0 Å². The fourth-order valence-electron chi connectivity index (χ4n) is 2.15. The van der Waals surface area contributed by atoms with Crippen LogP contribution in [0.5, 0.6) is 0 Å². The van der Waals surface area contributed by atoms with Gasteiger partial charge in [-0.3, -0.25) is 9.59 Å². The van der Waals surface area contributed by atoms with E-state index in [1.165, 1.54) is 0 Å². The lowest BCUT2D eigenvalue weighted by atomic mass is 9.63. The fourth-order valence-corrected chi connectivity index (χ4v) is 2.15. The summed E-state index contributed by atoms with van der Waals surface area (Å²) in [6.45, 7) is 9.38. The molecule has 1 aliphatic rings. The first-order chi connectivity index (χ1) is 6.82. The Morgan fingerprint density at radius 1 is 1.20 bits per heavy atom. The van der Waals surface area contributed by atoms with Crippen LogP contribution in [-0.2, 0) is 9.59 Å². The van der Waals surface area contributed by atoms with Gasteiger partial charge in [-0.25, -0.2) is 0 Å². The minimum absolute atomic E-state index is 0.102. The van der Waals surface area contributed by atoms with Gasteiger partial charge in [0.15, 0.2) is 0 Å². The van der Waals surface area contributed by atoms with E-state index in [4.69, 9.17) is 0 Å². The molecule has 0 heterocycles. The van der Waals surface area contributed by atoms with E-state index >= 15 is 0 Å². The zero-order valence-electron chi connectivity index (χ0n) is 9.93. The van der Waals surface area contributed by atoms with Gasteiger partial charge >= 0.3 is 0 Å². The van der Waals surface area contributed by atoms with E-state index < -0.39 is 5.41 Å². The quantitative estimate of drug-likeness (QED) is 0.528. The monoisotopic (exact) mass is 208 g/mol. The molecular formula is C13H20O2. The van der Waals surface area contributed by atoms with Gasteiger partial charge in [-0.15, -0.1) is 6.58 Å². The van der Waals surface area contributed by atoms with E-state index in [-0.39, 0.29) is 17.0 Å². The highest BCUT2D eigenvalue weighted by Crippen LogP contribution is 2.42. The van der Waals surface area contributed by atoms with E-state index in [2.05, 4.69) is 6.58 Å². The molecule has 0 aromatic carbocycles. The van der Waals surface area contributed by atoms with Crippen molar-refractivity contribution in [2.45, 2.75) is 46.5 Å². The van der Waals surface area contributed by atoms with Gasteiger partial charge in [0.1, 0.15) is 11.6 Å².